The lowest BCUT2D eigenvalue weighted by Crippen LogP contribution is -2.44. The molecule has 1 aliphatic carbocycles. The lowest BCUT2D eigenvalue weighted by molar-refractivity contribution is 0.0389. The highest BCUT2D eigenvalue weighted by molar-refractivity contribution is 6.27. The Kier molecular flexibility index (Phi) is 5.77. The van der Waals surface area contributed by atoms with Gasteiger partial charge in [0.2, 0.25) is 5.78 Å². The van der Waals surface area contributed by atoms with Gasteiger partial charge in [-0.25, -0.2) is 0 Å². The Morgan fingerprint density at radius 3 is 2.50 bits per heavy atom. The van der Waals surface area contributed by atoms with Crippen molar-refractivity contribution in [1.29, 1.82) is 0 Å². The summed E-state index contributed by atoms with van der Waals surface area (Å²) in [4.78, 5) is 25.8. The highest BCUT2D eigenvalue weighted by Crippen LogP contribution is 2.53. The Morgan fingerprint density at radius 2 is 1.93 bits per heavy atom. The van der Waals surface area contributed by atoms with Gasteiger partial charge in [0.25, 0.3) is 0 Å². The number of allylic oxidation sites excluding steroid dienone is 2. The summed E-state index contributed by atoms with van der Waals surface area (Å²) in [7, 11) is 1.30. The van der Waals surface area contributed by atoms with Gasteiger partial charge in [-0.3, -0.25) is 9.59 Å². The summed E-state index contributed by atoms with van der Waals surface area (Å²) in [5.74, 6) is -1.22. The number of benzene rings is 1. The third kappa shape index (κ3) is 3.03. The number of phenols is 1. The zero-order valence-electron chi connectivity index (χ0n) is 17.4. The molecule has 0 spiro atoms. The van der Waals surface area contributed by atoms with Gasteiger partial charge in [0.05, 0.1) is 37.4 Å². The first kappa shape index (κ1) is 22.0. The molecule has 1 aliphatic heterocycles. The van der Waals surface area contributed by atoms with E-state index in [0.29, 0.717) is 5.57 Å². The predicted molar refractivity (Wildman–Crippen MR) is 107 cm³/mol. The molecule has 0 saturated heterocycles. The van der Waals surface area contributed by atoms with E-state index in [1.807, 2.05) is 0 Å². The fraction of sp³-hybridized carbons (Fsp3) is 0.455. The number of fused-ring (bicyclic) bond motifs is 3. The molecule has 3 rings (SSSR count). The Hall–Kier alpha value is -2.68. The largest absolute Gasteiger partial charge is 0.507 e. The van der Waals surface area contributed by atoms with Crippen LogP contribution in [0.5, 0.6) is 11.5 Å². The van der Waals surface area contributed by atoms with Crippen LogP contribution in [0.3, 0.4) is 0 Å². The Bertz CT molecular complexity index is 968. The van der Waals surface area contributed by atoms with E-state index in [4.69, 9.17) is 9.47 Å². The number of Topliss-reactive ketones (excluding diaryl/α,β-unsaturated/α-hetero) is 2. The van der Waals surface area contributed by atoms with Gasteiger partial charge in [0, 0.05) is 16.7 Å². The molecule has 1 aromatic carbocycles. The summed E-state index contributed by atoms with van der Waals surface area (Å²) in [6.07, 6.45) is -0.0824. The van der Waals surface area contributed by atoms with Crippen LogP contribution in [0.1, 0.15) is 53.5 Å². The van der Waals surface area contributed by atoms with Crippen LogP contribution in [0.2, 0.25) is 0 Å². The molecule has 8 nitrogen and oxygen atoms in total. The monoisotopic (exact) mass is 418 g/mol. The van der Waals surface area contributed by atoms with Crippen LogP contribution in [-0.2, 0) is 10.2 Å². The van der Waals surface area contributed by atoms with Crippen molar-refractivity contribution in [3.63, 3.8) is 0 Å². The number of ether oxygens (including phenoxy) is 2. The van der Waals surface area contributed by atoms with E-state index in [1.165, 1.54) is 26.2 Å². The summed E-state index contributed by atoms with van der Waals surface area (Å²) in [5, 5.41) is 40.2. The van der Waals surface area contributed by atoms with Crippen LogP contribution in [-0.4, -0.2) is 64.5 Å². The van der Waals surface area contributed by atoms with Crippen LogP contribution in [0, 0.1) is 0 Å². The summed E-state index contributed by atoms with van der Waals surface area (Å²) in [5.41, 5.74) is -0.314. The van der Waals surface area contributed by atoms with Crippen molar-refractivity contribution in [2.24, 2.45) is 0 Å². The normalized spacial score (nSPS) is 23.6. The zero-order chi connectivity index (χ0) is 22.4. The number of hydrogen-bond donors (Lipinski definition) is 4. The molecule has 0 saturated carbocycles. The summed E-state index contributed by atoms with van der Waals surface area (Å²) >= 11 is 0. The number of aliphatic hydroxyl groups is 3. The number of hydrogen-bond acceptors (Lipinski definition) is 8. The van der Waals surface area contributed by atoms with Crippen LogP contribution in [0.25, 0.3) is 0 Å². The number of phenolic OH excluding ortho intramolecular Hbond substituents is 1. The molecular formula is C22H26O8. The fourth-order valence-electron chi connectivity index (χ4n) is 4.16. The second-order valence-electron chi connectivity index (χ2n) is 7.81. The van der Waals surface area contributed by atoms with Gasteiger partial charge < -0.3 is 29.9 Å². The number of aliphatic hydroxyl groups excluding tert-OH is 3. The van der Waals surface area contributed by atoms with Gasteiger partial charge in [0.1, 0.15) is 17.6 Å². The number of carbonyl (C=O) groups is 2. The first-order valence-corrected chi connectivity index (χ1v) is 9.62. The molecule has 1 heterocycles. The van der Waals surface area contributed by atoms with E-state index >= 15 is 0 Å². The highest BCUT2D eigenvalue weighted by Gasteiger charge is 2.52. The first-order chi connectivity index (χ1) is 14.1. The maximum atomic E-state index is 13.0. The molecule has 2 aliphatic rings. The van der Waals surface area contributed by atoms with Crippen molar-refractivity contribution in [1.82, 2.24) is 0 Å². The molecule has 8 heteroatoms. The van der Waals surface area contributed by atoms with Crippen molar-refractivity contribution in [3.8, 4) is 11.5 Å². The lowest BCUT2D eigenvalue weighted by Gasteiger charge is -2.33. The fourth-order valence-corrected chi connectivity index (χ4v) is 4.16. The molecule has 0 radical (unpaired) electrons. The number of methoxy groups -OCH3 is 1. The SMILES string of the molecule is COC1=C(C)C(=O)c2c(cc(O)c3c2OC(C)C3(C)C(O)CC=C(CO)CO)C1=O. The third-order valence-electron chi connectivity index (χ3n) is 6.23. The maximum absolute atomic E-state index is 13.0. The summed E-state index contributed by atoms with van der Waals surface area (Å²) < 4.78 is 11.0. The second-order valence-corrected chi connectivity index (χ2v) is 7.81. The number of aromatic hydroxyl groups is 1. The summed E-state index contributed by atoms with van der Waals surface area (Å²) in [6, 6.07) is 1.22. The molecule has 0 bridgehead atoms. The van der Waals surface area contributed by atoms with Crippen LogP contribution >= 0.6 is 0 Å². The lowest BCUT2D eigenvalue weighted by atomic mass is 9.71. The Balaban J connectivity index is 2.15. The Morgan fingerprint density at radius 1 is 1.30 bits per heavy atom. The van der Waals surface area contributed by atoms with Crippen molar-refractivity contribution in [2.75, 3.05) is 20.3 Å². The predicted octanol–water partition coefficient (Wildman–Crippen LogP) is 1.39. The minimum atomic E-state index is -1.11. The average molecular weight is 418 g/mol. The van der Waals surface area contributed by atoms with E-state index < -0.39 is 29.2 Å². The zero-order valence-corrected chi connectivity index (χ0v) is 17.4. The Labute approximate surface area is 174 Å². The van der Waals surface area contributed by atoms with E-state index in [-0.39, 0.29) is 59.2 Å². The quantitative estimate of drug-likeness (QED) is 0.510. The number of rotatable bonds is 6. The first-order valence-electron chi connectivity index (χ1n) is 9.62. The summed E-state index contributed by atoms with van der Waals surface area (Å²) in [6.45, 7) is 4.21. The molecule has 30 heavy (non-hydrogen) atoms. The molecule has 1 aromatic rings. The maximum Gasteiger partial charge on any atom is 0.228 e. The van der Waals surface area contributed by atoms with E-state index in [1.54, 1.807) is 13.8 Å². The second kappa shape index (κ2) is 7.86. The van der Waals surface area contributed by atoms with Crippen molar-refractivity contribution in [2.45, 2.75) is 44.8 Å². The van der Waals surface area contributed by atoms with E-state index in [0.717, 1.165) is 0 Å². The van der Waals surface area contributed by atoms with Crippen LogP contribution in [0.15, 0.2) is 29.0 Å². The molecule has 0 amide bonds. The topological polar surface area (TPSA) is 134 Å². The number of carbonyl (C=O) groups excluding carboxylic acids is 2. The highest BCUT2D eigenvalue weighted by atomic mass is 16.5. The van der Waals surface area contributed by atoms with Gasteiger partial charge in [-0.05, 0) is 38.8 Å². The van der Waals surface area contributed by atoms with E-state index in [9.17, 15) is 30.0 Å². The molecule has 3 unspecified atom stereocenters. The minimum absolute atomic E-state index is 0.00705. The molecule has 4 N–H and O–H groups in total. The third-order valence-corrected chi connectivity index (χ3v) is 6.23. The van der Waals surface area contributed by atoms with Crippen molar-refractivity contribution >= 4 is 11.6 Å². The van der Waals surface area contributed by atoms with Gasteiger partial charge in [0.15, 0.2) is 11.5 Å². The average Bonchev–Trinajstić information content (AvgIpc) is 2.99. The standard InChI is InChI=1S/C22H26O8/c1-10-18(27)16-13(19(28)20(10)29-4)7-14(25)17-21(16)30-11(2)22(17,3)15(26)6-5-12(8-23)9-24/h5,7,11,15,23-26H,6,8-9H2,1-4H3. The van der Waals surface area contributed by atoms with Gasteiger partial charge in [-0.15, -0.1) is 0 Å². The van der Waals surface area contributed by atoms with Gasteiger partial charge >= 0.3 is 0 Å². The minimum Gasteiger partial charge on any atom is -0.507 e. The van der Waals surface area contributed by atoms with Crippen molar-refractivity contribution in [3.05, 3.63) is 45.7 Å². The number of ketones is 2. The van der Waals surface area contributed by atoms with Gasteiger partial charge in [-0.2, -0.15) is 0 Å². The molecular weight excluding hydrogens is 392 g/mol. The van der Waals surface area contributed by atoms with Gasteiger partial charge in [-0.1, -0.05) is 6.08 Å². The van der Waals surface area contributed by atoms with E-state index in [2.05, 4.69) is 0 Å². The smallest absolute Gasteiger partial charge is 0.228 e. The van der Waals surface area contributed by atoms with Crippen LogP contribution in [0.4, 0.5) is 0 Å². The van der Waals surface area contributed by atoms with Crippen molar-refractivity contribution < 1.29 is 39.5 Å². The molecule has 0 fully saturated rings. The molecule has 3 atom stereocenters. The molecule has 162 valence electrons. The van der Waals surface area contributed by atoms with Crippen LogP contribution < -0.4 is 4.74 Å². The molecule has 0 aromatic heterocycles.